The minimum atomic E-state index is -0.295. The Morgan fingerprint density at radius 3 is 2.65 bits per heavy atom. The number of halogens is 2. The number of piperidine rings is 1. The molecule has 0 N–H and O–H groups in total. The van der Waals surface area contributed by atoms with E-state index in [4.69, 9.17) is 33.2 Å². The van der Waals surface area contributed by atoms with Crippen LogP contribution in [0.3, 0.4) is 0 Å². The average Bonchev–Trinajstić information content (AvgIpc) is 3.54. The fourth-order valence-electron chi connectivity index (χ4n) is 4.82. The molecule has 34 heavy (non-hydrogen) atoms. The van der Waals surface area contributed by atoms with Crippen molar-refractivity contribution in [2.24, 2.45) is 10.9 Å². The number of aliphatic imine (C=N–C) groups is 1. The van der Waals surface area contributed by atoms with E-state index >= 15 is 0 Å². The number of likely N-dealkylation sites (tertiary alicyclic amines) is 1. The lowest BCUT2D eigenvalue weighted by Gasteiger charge is -2.36. The molecule has 0 saturated carbocycles. The maximum atomic E-state index is 12.9. The summed E-state index contributed by atoms with van der Waals surface area (Å²) in [6.07, 6.45) is 13.3. The normalized spacial score (nSPS) is 20.2. The molecule has 0 aliphatic carbocycles. The second-order valence-corrected chi connectivity index (χ2v) is 9.74. The Labute approximate surface area is 208 Å². The molecule has 2 aliphatic heterocycles. The van der Waals surface area contributed by atoms with Gasteiger partial charge in [-0.2, -0.15) is 5.10 Å². The summed E-state index contributed by atoms with van der Waals surface area (Å²) in [5, 5.41) is 5.15. The number of allylic oxidation sites excluding steroid dienone is 1. The molecule has 0 radical (unpaired) electrons. The van der Waals surface area contributed by atoms with E-state index in [1.165, 1.54) is 0 Å². The molecule has 1 aromatic carbocycles. The van der Waals surface area contributed by atoms with E-state index in [1.807, 2.05) is 41.6 Å². The first-order valence-electron chi connectivity index (χ1n) is 11.4. The van der Waals surface area contributed by atoms with E-state index < -0.39 is 0 Å². The van der Waals surface area contributed by atoms with Crippen molar-refractivity contribution in [1.29, 1.82) is 0 Å². The fourth-order valence-corrected chi connectivity index (χ4v) is 5.11. The minimum absolute atomic E-state index is 0.00477. The molecule has 6 nitrogen and oxygen atoms in total. The van der Waals surface area contributed by atoms with Crippen molar-refractivity contribution in [3.8, 4) is 5.82 Å². The summed E-state index contributed by atoms with van der Waals surface area (Å²) in [5.74, 6) is 1.29. The van der Waals surface area contributed by atoms with Crippen molar-refractivity contribution in [1.82, 2.24) is 19.7 Å². The molecule has 4 heterocycles. The summed E-state index contributed by atoms with van der Waals surface area (Å²) in [6, 6.07) is 13.0. The van der Waals surface area contributed by atoms with Crippen LogP contribution in [0.1, 0.15) is 35.3 Å². The lowest BCUT2D eigenvalue weighted by atomic mass is 9.80. The van der Waals surface area contributed by atoms with Crippen LogP contribution in [0.25, 0.3) is 5.82 Å². The Kier molecular flexibility index (Phi) is 6.53. The van der Waals surface area contributed by atoms with Gasteiger partial charge in [-0.05, 0) is 67.7 Å². The Morgan fingerprint density at radius 1 is 1.09 bits per heavy atom. The molecule has 0 spiro atoms. The van der Waals surface area contributed by atoms with Gasteiger partial charge in [0.2, 0.25) is 0 Å². The maximum Gasteiger partial charge on any atom is 0.253 e. The number of carbonyl (C=O) groups excluding carboxylic acids is 1. The predicted molar refractivity (Wildman–Crippen MR) is 135 cm³/mol. The smallest absolute Gasteiger partial charge is 0.253 e. The summed E-state index contributed by atoms with van der Waals surface area (Å²) < 4.78 is 1.77. The molecule has 1 fully saturated rings. The average molecular weight is 494 g/mol. The fraction of sp³-hybridized carbons (Fsp3) is 0.308. The minimum Gasteiger partial charge on any atom is -0.339 e. The zero-order valence-corrected chi connectivity index (χ0v) is 20.2. The first-order chi connectivity index (χ1) is 16.5. The number of hydrogen-bond donors (Lipinski definition) is 0. The molecule has 8 heteroatoms. The van der Waals surface area contributed by atoms with Gasteiger partial charge < -0.3 is 4.90 Å². The monoisotopic (exact) mass is 493 g/mol. The Morgan fingerprint density at radius 2 is 1.94 bits per heavy atom. The van der Waals surface area contributed by atoms with Crippen LogP contribution in [0.5, 0.6) is 0 Å². The highest BCUT2D eigenvalue weighted by Crippen LogP contribution is 2.34. The van der Waals surface area contributed by atoms with Gasteiger partial charge >= 0.3 is 0 Å². The van der Waals surface area contributed by atoms with Crippen molar-refractivity contribution in [3.05, 3.63) is 88.3 Å². The number of rotatable bonds is 6. The van der Waals surface area contributed by atoms with Crippen LogP contribution >= 0.6 is 23.2 Å². The summed E-state index contributed by atoms with van der Waals surface area (Å²) in [7, 11) is 0. The molecule has 174 valence electrons. The summed E-state index contributed by atoms with van der Waals surface area (Å²) in [4.78, 5) is 24.5. The molecule has 0 bridgehead atoms. The molecule has 1 saturated heterocycles. The number of pyridine rings is 1. The highest BCUT2D eigenvalue weighted by Gasteiger charge is 2.34. The largest absolute Gasteiger partial charge is 0.339 e. The van der Waals surface area contributed by atoms with E-state index in [0.29, 0.717) is 21.5 Å². The quantitative estimate of drug-likeness (QED) is 0.459. The Bertz CT molecular complexity index is 1220. The van der Waals surface area contributed by atoms with E-state index in [2.05, 4.69) is 17.2 Å². The first-order valence-corrected chi connectivity index (χ1v) is 12.2. The second kappa shape index (κ2) is 9.72. The molecular weight excluding hydrogens is 469 g/mol. The SMILES string of the molecule is O=C(c1ccc(Cl)c(Cl)c1)N1CCC(CC2(Cc3cccc(-n4cccn4)n3)C=CC=N2)CC1. The summed E-state index contributed by atoms with van der Waals surface area (Å²) in [5.41, 5.74) is 1.27. The third-order valence-electron chi connectivity index (χ3n) is 6.55. The van der Waals surface area contributed by atoms with Crippen molar-refractivity contribution in [3.63, 3.8) is 0 Å². The maximum absolute atomic E-state index is 12.9. The molecule has 1 amide bonds. The summed E-state index contributed by atoms with van der Waals surface area (Å²) >= 11 is 12.1. The number of carbonyl (C=O) groups is 1. The van der Waals surface area contributed by atoms with Crippen LogP contribution in [-0.2, 0) is 6.42 Å². The van der Waals surface area contributed by atoms with E-state index in [0.717, 1.165) is 50.3 Å². The van der Waals surface area contributed by atoms with Gasteiger partial charge in [-0.25, -0.2) is 9.67 Å². The van der Waals surface area contributed by atoms with Crippen LogP contribution in [0.4, 0.5) is 0 Å². The third kappa shape index (κ3) is 4.93. The number of hydrogen-bond acceptors (Lipinski definition) is 4. The predicted octanol–water partition coefficient (Wildman–Crippen LogP) is 5.44. The standard InChI is InChI=1S/C26H25Cl2N5O/c27-22-7-6-20(16-23(22)28)25(34)32-14-8-19(9-15-32)17-26(10-2-11-29-26)18-21-4-1-5-24(31-21)33-13-3-12-30-33/h1-7,10-13,16,19H,8-9,14-15,17-18H2. The van der Waals surface area contributed by atoms with Gasteiger partial charge in [-0.15, -0.1) is 0 Å². The molecule has 3 aromatic rings. The van der Waals surface area contributed by atoms with Gasteiger partial charge in [0.1, 0.15) is 0 Å². The third-order valence-corrected chi connectivity index (χ3v) is 7.29. The van der Waals surface area contributed by atoms with E-state index in [9.17, 15) is 4.79 Å². The Hall–Kier alpha value is -2.96. The van der Waals surface area contributed by atoms with Crippen molar-refractivity contribution >= 4 is 35.3 Å². The zero-order chi connectivity index (χ0) is 23.5. The highest BCUT2D eigenvalue weighted by atomic mass is 35.5. The molecule has 5 rings (SSSR count). The molecule has 2 aliphatic rings. The van der Waals surface area contributed by atoms with Gasteiger partial charge in [-0.1, -0.05) is 35.3 Å². The Balaban J connectivity index is 1.23. The second-order valence-electron chi connectivity index (χ2n) is 8.92. The van der Waals surface area contributed by atoms with Crippen LogP contribution < -0.4 is 0 Å². The number of aromatic nitrogens is 3. The van der Waals surface area contributed by atoms with Crippen molar-refractivity contribution in [2.45, 2.75) is 31.2 Å². The topological polar surface area (TPSA) is 63.4 Å². The van der Waals surface area contributed by atoms with Crippen LogP contribution in [-0.4, -0.2) is 50.4 Å². The van der Waals surface area contributed by atoms with Gasteiger partial charge in [-0.3, -0.25) is 9.79 Å². The van der Waals surface area contributed by atoms with Gasteiger partial charge in [0, 0.05) is 49.4 Å². The number of nitrogens with zero attached hydrogens (tertiary/aromatic N) is 5. The number of benzene rings is 1. The van der Waals surface area contributed by atoms with Gasteiger partial charge in [0.05, 0.1) is 15.6 Å². The highest BCUT2D eigenvalue weighted by molar-refractivity contribution is 6.42. The van der Waals surface area contributed by atoms with Crippen LogP contribution in [0.2, 0.25) is 10.0 Å². The zero-order valence-electron chi connectivity index (χ0n) is 18.6. The van der Waals surface area contributed by atoms with Crippen molar-refractivity contribution in [2.75, 3.05) is 13.1 Å². The molecule has 2 aromatic heterocycles. The lowest BCUT2D eigenvalue weighted by molar-refractivity contribution is 0.0679. The van der Waals surface area contributed by atoms with Gasteiger partial charge in [0.15, 0.2) is 5.82 Å². The van der Waals surface area contributed by atoms with Crippen LogP contribution in [0.15, 0.2) is 72.0 Å². The van der Waals surface area contributed by atoms with Gasteiger partial charge in [0.25, 0.3) is 5.91 Å². The van der Waals surface area contributed by atoms with E-state index in [1.54, 1.807) is 29.1 Å². The lowest BCUT2D eigenvalue weighted by Crippen LogP contribution is -2.40. The summed E-state index contributed by atoms with van der Waals surface area (Å²) in [6.45, 7) is 1.45. The van der Waals surface area contributed by atoms with Crippen LogP contribution in [0, 0.1) is 5.92 Å². The molecular formula is C26H25Cl2N5O. The molecule has 1 unspecified atom stereocenters. The van der Waals surface area contributed by atoms with Crippen molar-refractivity contribution < 1.29 is 4.79 Å². The van der Waals surface area contributed by atoms with E-state index in [-0.39, 0.29) is 11.4 Å². The molecule has 1 atom stereocenters. The first kappa shape index (κ1) is 22.8. The number of amides is 1.